The highest BCUT2D eigenvalue weighted by Gasteiger charge is 2.60. The van der Waals surface area contributed by atoms with Gasteiger partial charge in [-0.05, 0) is 36.0 Å². The highest BCUT2D eigenvalue weighted by molar-refractivity contribution is 5.13. The van der Waals surface area contributed by atoms with Crippen LogP contribution in [-0.2, 0) is 6.42 Å². The van der Waals surface area contributed by atoms with Crippen molar-refractivity contribution in [2.45, 2.75) is 52.5 Å². The van der Waals surface area contributed by atoms with E-state index in [0.717, 1.165) is 18.9 Å². The first-order valence-electron chi connectivity index (χ1n) is 7.25. The number of H-pyrrole nitrogens is 1. The van der Waals surface area contributed by atoms with Crippen molar-refractivity contribution in [3.8, 4) is 0 Å². The van der Waals surface area contributed by atoms with Gasteiger partial charge in [-0.3, -0.25) is 0 Å². The van der Waals surface area contributed by atoms with Crippen LogP contribution in [-0.4, -0.2) is 22.6 Å². The van der Waals surface area contributed by atoms with Crippen molar-refractivity contribution in [1.82, 2.24) is 15.3 Å². The number of aromatic nitrogens is 2. The van der Waals surface area contributed by atoms with Gasteiger partial charge in [0.2, 0.25) is 0 Å². The van der Waals surface area contributed by atoms with Crippen molar-refractivity contribution in [2.24, 2.45) is 16.7 Å². The molecule has 0 saturated heterocycles. The fourth-order valence-electron chi connectivity index (χ4n) is 4.31. The second-order valence-electron chi connectivity index (χ2n) is 6.94. The van der Waals surface area contributed by atoms with Gasteiger partial charge >= 0.3 is 0 Å². The maximum absolute atomic E-state index is 4.06. The number of rotatable bonds is 4. The molecule has 2 saturated carbocycles. The maximum atomic E-state index is 4.06. The van der Waals surface area contributed by atoms with Crippen LogP contribution in [0.5, 0.6) is 0 Å². The van der Waals surface area contributed by atoms with E-state index in [9.17, 15) is 0 Å². The molecule has 0 aliphatic heterocycles. The lowest BCUT2D eigenvalue weighted by molar-refractivity contribution is 0.121. The molecule has 0 spiro atoms. The van der Waals surface area contributed by atoms with Crippen LogP contribution in [0.25, 0.3) is 0 Å². The van der Waals surface area contributed by atoms with Crippen molar-refractivity contribution in [3.05, 3.63) is 18.2 Å². The Labute approximate surface area is 110 Å². The predicted molar refractivity (Wildman–Crippen MR) is 73.3 cm³/mol. The van der Waals surface area contributed by atoms with Crippen molar-refractivity contribution in [2.75, 3.05) is 6.54 Å². The lowest BCUT2D eigenvalue weighted by Gasteiger charge is -2.39. The Morgan fingerprint density at radius 3 is 2.83 bits per heavy atom. The van der Waals surface area contributed by atoms with Gasteiger partial charge in [0.25, 0.3) is 0 Å². The largest absolute Gasteiger partial charge is 0.348 e. The normalized spacial score (nSPS) is 37.3. The van der Waals surface area contributed by atoms with Crippen molar-refractivity contribution < 1.29 is 0 Å². The van der Waals surface area contributed by atoms with E-state index >= 15 is 0 Å². The number of nitrogens with one attached hydrogen (secondary N) is 2. The lowest BCUT2D eigenvalue weighted by Crippen LogP contribution is -2.45. The zero-order chi connectivity index (χ0) is 12.8. The summed E-state index contributed by atoms with van der Waals surface area (Å²) in [5, 5.41) is 3.80. The Kier molecular flexibility index (Phi) is 2.77. The van der Waals surface area contributed by atoms with E-state index < -0.39 is 0 Å². The number of aromatic amines is 1. The first kappa shape index (κ1) is 12.2. The first-order valence-corrected chi connectivity index (χ1v) is 7.25. The van der Waals surface area contributed by atoms with E-state index in [1.807, 2.05) is 6.20 Å². The third-order valence-electron chi connectivity index (χ3n) is 6.13. The second-order valence-corrected chi connectivity index (χ2v) is 6.94. The Hall–Kier alpha value is -0.830. The fourth-order valence-corrected chi connectivity index (χ4v) is 4.31. The summed E-state index contributed by atoms with van der Waals surface area (Å²) in [6.45, 7) is 8.50. The summed E-state index contributed by atoms with van der Waals surface area (Å²) in [7, 11) is 0. The molecule has 3 heteroatoms. The molecule has 18 heavy (non-hydrogen) atoms. The Morgan fingerprint density at radius 2 is 2.28 bits per heavy atom. The van der Waals surface area contributed by atoms with Gasteiger partial charge < -0.3 is 10.3 Å². The van der Waals surface area contributed by atoms with Gasteiger partial charge in [-0.25, -0.2) is 4.98 Å². The number of nitrogens with zero attached hydrogens (tertiary/aromatic N) is 1. The molecular weight excluding hydrogens is 222 g/mol. The Bertz CT molecular complexity index is 409. The van der Waals surface area contributed by atoms with Crippen molar-refractivity contribution in [3.63, 3.8) is 0 Å². The van der Waals surface area contributed by atoms with Gasteiger partial charge in [-0.15, -0.1) is 0 Å². The molecular formula is C15H25N3. The van der Waals surface area contributed by atoms with Crippen LogP contribution in [0.2, 0.25) is 0 Å². The first-order chi connectivity index (χ1) is 8.54. The van der Waals surface area contributed by atoms with Crippen LogP contribution in [0, 0.1) is 16.7 Å². The highest BCUT2D eigenvalue weighted by atomic mass is 15.0. The summed E-state index contributed by atoms with van der Waals surface area (Å²) in [6, 6.07) is 0.703. The minimum Gasteiger partial charge on any atom is -0.348 e. The molecule has 2 fully saturated rings. The van der Waals surface area contributed by atoms with Crippen LogP contribution in [0.4, 0.5) is 0 Å². The molecule has 2 N–H and O–H groups in total. The number of hydrogen-bond donors (Lipinski definition) is 2. The van der Waals surface area contributed by atoms with E-state index in [0.29, 0.717) is 16.9 Å². The van der Waals surface area contributed by atoms with Crippen LogP contribution in [0.3, 0.4) is 0 Å². The molecule has 1 aromatic rings. The van der Waals surface area contributed by atoms with E-state index in [4.69, 9.17) is 0 Å². The summed E-state index contributed by atoms with van der Waals surface area (Å²) in [4.78, 5) is 7.24. The standard InChI is InChI=1S/C15H25N3/c1-14(2)11-4-6-15(14,3)13(8-11)17-7-5-12-9-16-10-18-12/h9-11,13,17H,4-8H2,1-3H3,(H,16,18). The monoisotopic (exact) mass is 247 g/mol. The van der Waals surface area contributed by atoms with Gasteiger partial charge in [-0.2, -0.15) is 0 Å². The maximum Gasteiger partial charge on any atom is 0.0921 e. The highest BCUT2D eigenvalue weighted by Crippen LogP contribution is 2.65. The molecule has 3 rings (SSSR count). The zero-order valence-electron chi connectivity index (χ0n) is 11.8. The van der Waals surface area contributed by atoms with Crippen LogP contribution in [0.15, 0.2) is 12.5 Å². The van der Waals surface area contributed by atoms with Gasteiger partial charge in [0.1, 0.15) is 0 Å². The van der Waals surface area contributed by atoms with Gasteiger partial charge in [0.05, 0.1) is 6.33 Å². The third-order valence-corrected chi connectivity index (χ3v) is 6.13. The van der Waals surface area contributed by atoms with Crippen molar-refractivity contribution >= 4 is 0 Å². The van der Waals surface area contributed by atoms with Gasteiger partial charge in [0, 0.05) is 30.9 Å². The third kappa shape index (κ3) is 1.63. The lowest BCUT2D eigenvalue weighted by atomic mass is 9.69. The predicted octanol–water partition coefficient (Wildman–Crippen LogP) is 2.76. The summed E-state index contributed by atoms with van der Waals surface area (Å²) in [6.07, 6.45) is 8.93. The van der Waals surface area contributed by atoms with E-state index in [1.54, 1.807) is 6.33 Å². The fraction of sp³-hybridized carbons (Fsp3) is 0.800. The van der Waals surface area contributed by atoms with Crippen molar-refractivity contribution in [1.29, 1.82) is 0 Å². The smallest absolute Gasteiger partial charge is 0.0921 e. The molecule has 3 nitrogen and oxygen atoms in total. The van der Waals surface area contributed by atoms with Crippen LogP contribution in [0.1, 0.15) is 45.7 Å². The molecule has 0 aromatic carbocycles. The molecule has 2 aliphatic rings. The second kappa shape index (κ2) is 4.09. The van der Waals surface area contributed by atoms with Gasteiger partial charge in [-0.1, -0.05) is 20.8 Å². The molecule has 0 amide bonds. The molecule has 100 valence electrons. The summed E-state index contributed by atoms with van der Waals surface area (Å²) in [5.41, 5.74) is 2.24. The SMILES string of the molecule is CC1(C)C2CCC1(C)C(NCCc1cnc[nH]1)C2. The zero-order valence-corrected chi connectivity index (χ0v) is 11.8. The van der Waals surface area contributed by atoms with E-state index in [1.165, 1.54) is 25.0 Å². The quantitative estimate of drug-likeness (QED) is 0.859. The van der Waals surface area contributed by atoms with Gasteiger partial charge in [0.15, 0.2) is 0 Å². The molecule has 1 aromatic heterocycles. The molecule has 3 atom stereocenters. The minimum absolute atomic E-state index is 0.492. The topological polar surface area (TPSA) is 40.7 Å². The summed E-state index contributed by atoms with van der Waals surface area (Å²) >= 11 is 0. The minimum atomic E-state index is 0.492. The molecule has 0 radical (unpaired) electrons. The van der Waals surface area contributed by atoms with Crippen LogP contribution >= 0.6 is 0 Å². The number of imidazole rings is 1. The molecule has 2 aliphatic carbocycles. The molecule has 1 heterocycles. The Morgan fingerprint density at radius 1 is 1.44 bits per heavy atom. The summed E-state index contributed by atoms with van der Waals surface area (Å²) in [5.74, 6) is 0.923. The molecule has 2 bridgehead atoms. The number of fused-ring (bicyclic) bond motifs is 2. The number of hydrogen-bond acceptors (Lipinski definition) is 2. The molecule has 3 unspecified atom stereocenters. The Balaban J connectivity index is 1.59. The average Bonchev–Trinajstić information content (AvgIpc) is 2.95. The average molecular weight is 247 g/mol. The summed E-state index contributed by atoms with van der Waals surface area (Å²) < 4.78 is 0. The van der Waals surface area contributed by atoms with Crippen LogP contribution < -0.4 is 5.32 Å². The van der Waals surface area contributed by atoms with E-state index in [2.05, 4.69) is 36.1 Å². The van der Waals surface area contributed by atoms with E-state index in [-0.39, 0.29) is 0 Å².